The summed E-state index contributed by atoms with van der Waals surface area (Å²) in [5.41, 5.74) is 0. The van der Waals surface area contributed by atoms with Crippen LogP contribution >= 0.6 is 0 Å². The molecule has 0 aromatic heterocycles. The summed E-state index contributed by atoms with van der Waals surface area (Å²) in [5, 5.41) is 9.07. The second kappa shape index (κ2) is 4.45. The Balaban J connectivity index is 2.26. The van der Waals surface area contributed by atoms with Crippen molar-refractivity contribution in [1.82, 2.24) is 4.90 Å². The summed E-state index contributed by atoms with van der Waals surface area (Å²) >= 11 is 0. The predicted molar refractivity (Wildman–Crippen MR) is 62.1 cm³/mol. The van der Waals surface area contributed by atoms with Gasteiger partial charge in [0.25, 0.3) is 0 Å². The highest BCUT2D eigenvalue weighted by molar-refractivity contribution is 6.08. The van der Waals surface area contributed by atoms with E-state index in [2.05, 4.69) is 5.92 Å². The molecule has 0 bridgehead atoms. The van der Waals surface area contributed by atoms with Crippen molar-refractivity contribution in [2.24, 2.45) is 17.8 Å². The van der Waals surface area contributed by atoms with Crippen LogP contribution in [-0.2, 0) is 14.4 Å². The fourth-order valence-corrected chi connectivity index (χ4v) is 3.01. The Kier molecular flexibility index (Phi) is 3.12. The van der Waals surface area contributed by atoms with E-state index in [0.717, 1.165) is 4.90 Å². The van der Waals surface area contributed by atoms with Crippen molar-refractivity contribution in [3.8, 4) is 12.3 Å². The first-order valence-corrected chi connectivity index (χ1v) is 6.00. The first-order chi connectivity index (χ1) is 8.47. The summed E-state index contributed by atoms with van der Waals surface area (Å²) in [6.45, 7) is 2.00. The van der Waals surface area contributed by atoms with E-state index in [0.29, 0.717) is 18.8 Å². The Morgan fingerprint density at radius 1 is 1.44 bits per heavy atom. The number of carboxylic acids is 1. The quantitative estimate of drug-likeness (QED) is 0.583. The Morgan fingerprint density at radius 2 is 1.94 bits per heavy atom. The summed E-state index contributed by atoms with van der Waals surface area (Å²) in [6, 6.07) is -1.21. The maximum atomic E-state index is 12.1. The summed E-state index contributed by atoms with van der Waals surface area (Å²) in [4.78, 5) is 36.3. The van der Waals surface area contributed by atoms with Crippen LogP contribution in [-0.4, -0.2) is 33.8 Å². The molecule has 1 saturated carbocycles. The molecule has 5 nitrogen and oxygen atoms in total. The highest BCUT2D eigenvalue weighted by Crippen LogP contribution is 2.43. The number of carboxylic acid groups (broad SMARTS) is 1. The van der Waals surface area contributed by atoms with Crippen LogP contribution in [0.2, 0.25) is 0 Å². The summed E-state index contributed by atoms with van der Waals surface area (Å²) in [5.74, 6) is -0.0753. The lowest BCUT2D eigenvalue weighted by Crippen LogP contribution is -2.45. The van der Waals surface area contributed by atoms with Gasteiger partial charge in [-0.3, -0.25) is 14.5 Å². The van der Waals surface area contributed by atoms with Crippen molar-refractivity contribution < 1.29 is 19.5 Å². The van der Waals surface area contributed by atoms with Gasteiger partial charge in [-0.15, -0.1) is 12.3 Å². The molecular formula is C13H15NO4. The molecule has 1 aliphatic heterocycles. The fraction of sp³-hybridized carbons (Fsp3) is 0.615. The molecule has 2 fully saturated rings. The number of hydrogen-bond acceptors (Lipinski definition) is 3. The molecule has 0 aromatic carbocycles. The van der Waals surface area contributed by atoms with Gasteiger partial charge >= 0.3 is 5.97 Å². The normalized spacial score (nSPS) is 32.2. The van der Waals surface area contributed by atoms with E-state index in [9.17, 15) is 14.4 Å². The van der Waals surface area contributed by atoms with E-state index in [1.165, 1.54) is 0 Å². The van der Waals surface area contributed by atoms with Crippen LogP contribution in [0.4, 0.5) is 0 Å². The van der Waals surface area contributed by atoms with Crippen LogP contribution in [0.25, 0.3) is 0 Å². The number of terminal acetylenes is 1. The lowest BCUT2D eigenvalue weighted by atomic mass is 10.00. The molecule has 18 heavy (non-hydrogen) atoms. The summed E-state index contributed by atoms with van der Waals surface area (Å²) in [7, 11) is 0. The lowest BCUT2D eigenvalue weighted by molar-refractivity contribution is -0.155. The zero-order chi connectivity index (χ0) is 13.4. The number of amides is 2. The van der Waals surface area contributed by atoms with E-state index >= 15 is 0 Å². The molecule has 0 radical (unpaired) electrons. The Bertz CT molecular complexity index is 426. The van der Waals surface area contributed by atoms with E-state index in [-0.39, 0.29) is 30.1 Å². The third-order valence-corrected chi connectivity index (χ3v) is 3.82. The topological polar surface area (TPSA) is 74.7 Å². The first-order valence-electron chi connectivity index (χ1n) is 6.00. The molecule has 3 unspecified atom stereocenters. The SMILES string of the molecule is C#CCC(C(=O)O)N1C(=O)C2CC(C)CC2C1=O. The second-order valence-corrected chi connectivity index (χ2v) is 5.10. The van der Waals surface area contributed by atoms with Gasteiger partial charge in [0, 0.05) is 6.42 Å². The van der Waals surface area contributed by atoms with Crippen LogP contribution in [0.15, 0.2) is 0 Å². The third kappa shape index (κ3) is 1.78. The molecule has 0 aromatic rings. The number of carbonyl (C=O) groups is 3. The van der Waals surface area contributed by atoms with E-state index < -0.39 is 12.0 Å². The molecule has 96 valence electrons. The first kappa shape index (κ1) is 12.6. The molecule has 2 amide bonds. The van der Waals surface area contributed by atoms with Gasteiger partial charge < -0.3 is 5.11 Å². The molecule has 2 rings (SSSR count). The molecule has 1 heterocycles. The number of nitrogens with zero attached hydrogens (tertiary/aromatic N) is 1. The van der Waals surface area contributed by atoms with Crippen LogP contribution in [0.1, 0.15) is 26.2 Å². The van der Waals surface area contributed by atoms with Gasteiger partial charge in [0.15, 0.2) is 0 Å². The summed E-state index contributed by atoms with van der Waals surface area (Å²) in [6.07, 6.45) is 6.29. The molecule has 1 N–H and O–H groups in total. The van der Waals surface area contributed by atoms with Gasteiger partial charge in [-0.2, -0.15) is 0 Å². The van der Waals surface area contributed by atoms with Crippen LogP contribution in [0, 0.1) is 30.1 Å². The molecular weight excluding hydrogens is 234 g/mol. The number of hydrogen-bond donors (Lipinski definition) is 1. The number of imide groups is 1. The van der Waals surface area contributed by atoms with Gasteiger partial charge in [0.05, 0.1) is 11.8 Å². The van der Waals surface area contributed by atoms with Crippen molar-refractivity contribution >= 4 is 17.8 Å². The highest BCUT2D eigenvalue weighted by Gasteiger charge is 2.54. The fourth-order valence-electron chi connectivity index (χ4n) is 3.01. The number of fused-ring (bicyclic) bond motifs is 1. The lowest BCUT2D eigenvalue weighted by Gasteiger charge is -2.22. The van der Waals surface area contributed by atoms with Gasteiger partial charge in [-0.1, -0.05) is 6.92 Å². The number of aliphatic carboxylic acids is 1. The van der Waals surface area contributed by atoms with Gasteiger partial charge in [0.2, 0.25) is 11.8 Å². The summed E-state index contributed by atoms with van der Waals surface area (Å²) < 4.78 is 0. The minimum atomic E-state index is -1.22. The largest absolute Gasteiger partial charge is 0.480 e. The average Bonchev–Trinajstić information content (AvgIpc) is 2.77. The smallest absolute Gasteiger partial charge is 0.327 e. The van der Waals surface area contributed by atoms with Crippen molar-refractivity contribution in [3.05, 3.63) is 0 Å². The monoisotopic (exact) mass is 249 g/mol. The molecule has 5 heteroatoms. The van der Waals surface area contributed by atoms with Crippen molar-refractivity contribution in [1.29, 1.82) is 0 Å². The molecule has 2 aliphatic rings. The average molecular weight is 249 g/mol. The zero-order valence-corrected chi connectivity index (χ0v) is 10.1. The second-order valence-electron chi connectivity index (χ2n) is 5.10. The Labute approximate surface area is 105 Å². The van der Waals surface area contributed by atoms with Gasteiger partial charge in [0.1, 0.15) is 6.04 Å². The van der Waals surface area contributed by atoms with Crippen LogP contribution in [0.5, 0.6) is 0 Å². The minimum absolute atomic E-state index is 0.137. The maximum Gasteiger partial charge on any atom is 0.327 e. The highest BCUT2D eigenvalue weighted by atomic mass is 16.4. The van der Waals surface area contributed by atoms with Gasteiger partial charge in [-0.25, -0.2) is 4.79 Å². The maximum absolute atomic E-state index is 12.1. The predicted octanol–water partition coefficient (Wildman–Crippen LogP) is 0.494. The standard InChI is InChI=1S/C13H15NO4/c1-3-4-10(13(17)18)14-11(15)8-5-7(2)6-9(8)12(14)16/h1,7-10H,4-6H2,2H3,(H,17,18). The number of rotatable bonds is 3. The Morgan fingerprint density at radius 3 is 2.33 bits per heavy atom. The number of likely N-dealkylation sites (tertiary alicyclic amines) is 1. The Hall–Kier alpha value is -1.83. The number of carbonyl (C=O) groups excluding carboxylic acids is 2. The zero-order valence-electron chi connectivity index (χ0n) is 10.1. The van der Waals surface area contributed by atoms with Crippen molar-refractivity contribution in [2.75, 3.05) is 0 Å². The molecule has 1 saturated heterocycles. The van der Waals surface area contributed by atoms with Crippen LogP contribution in [0.3, 0.4) is 0 Å². The molecule has 3 atom stereocenters. The van der Waals surface area contributed by atoms with E-state index in [1.54, 1.807) is 0 Å². The molecule has 0 spiro atoms. The van der Waals surface area contributed by atoms with E-state index in [1.807, 2.05) is 6.92 Å². The van der Waals surface area contributed by atoms with E-state index in [4.69, 9.17) is 11.5 Å². The van der Waals surface area contributed by atoms with Crippen molar-refractivity contribution in [3.63, 3.8) is 0 Å². The van der Waals surface area contributed by atoms with Crippen LogP contribution < -0.4 is 0 Å². The third-order valence-electron chi connectivity index (χ3n) is 3.82. The minimum Gasteiger partial charge on any atom is -0.480 e. The molecule has 1 aliphatic carbocycles. The van der Waals surface area contributed by atoms with Crippen molar-refractivity contribution in [2.45, 2.75) is 32.2 Å². The van der Waals surface area contributed by atoms with Gasteiger partial charge in [-0.05, 0) is 18.8 Å².